The minimum Gasteiger partial charge on any atom is -0.378 e. The molecular weight excluding hydrogens is 388 g/mol. The summed E-state index contributed by atoms with van der Waals surface area (Å²) in [4.78, 5) is 35.4. The Bertz CT molecular complexity index is 886. The molecule has 2 aliphatic heterocycles. The van der Waals surface area contributed by atoms with E-state index < -0.39 is 30.8 Å². The van der Waals surface area contributed by atoms with E-state index in [-0.39, 0.29) is 23.8 Å². The Balaban J connectivity index is 1.48. The van der Waals surface area contributed by atoms with Crippen LogP contribution in [0.25, 0.3) is 0 Å². The maximum absolute atomic E-state index is 14.1. The topological polar surface area (TPSA) is 106 Å². The van der Waals surface area contributed by atoms with Crippen molar-refractivity contribution in [1.82, 2.24) is 34.8 Å². The van der Waals surface area contributed by atoms with E-state index in [1.807, 2.05) is 0 Å². The largest absolute Gasteiger partial charge is 0.378 e. The third-order valence-electron chi connectivity index (χ3n) is 4.89. The highest BCUT2D eigenvalue weighted by Gasteiger charge is 2.47. The molecule has 4 heterocycles. The quantitative estimate of drug-likeness (QED) is 0.707. The first kappa shape index (κ1) is 19.3. The molecule has 2 aromatic heterocycles. The second-order valence-corrected chi connectivity index (χ2v) is 6.97. The van der Waals surface area contributed by atoms with Gasteiger partial charge in [0.05, 0.1) is 38.5 Å². The summed E-state index contributed by atoms with van der Waals surface area (Å²) < 4.78 is 34.6. The van der Waals surface area contributed by atoms with Crippen LogP contribution in [0.3, 0.4) is 0 Å². The lowest BCUT2D eigenvalue weighted by Gasteiger charge is -2.25. The highest BCUT2D eigenvalue weighted by atomic mass is 19.3. The molecule has 0 aliphatic carbocycles. The molecule has 0 unspecified atom stereocenters. The monoisotopic (exact) mass is 407 g/mol. The van der Waals surface area contributed by atoms with Gasteiger partial charge in [0.15, 0.2) is 5.69 Å². The second kappa shape index (κ2) is 7.78. The number of amides is 2. The first-order valence-corrected chi connectivity index (χ1v) is 9.15. The van der Waals surface area contributed by atoms with Crippen molar-refractivity contribution >= 4 is 11.8 Å². The lowest BCUT2D eigenvalue weighted by atomic mass is 10.2. The molecule has 1 atom stereocenters. The van der Waals surface area contributed by atoms with Gasteiger partial charge in [-0.25, -0.2) is 23.4 Å². The number of ether oxygens (including phenoxy) is 1. The van der Waals surface area contributed by atoms with Crippen molar-refractivity contribution in [3.63, 3.8) is 0 Å². The van der Waals surface area contributed by atoms with E-state index in [9.17, 15) is 18.4 Å². The van der Waals surface area contributed by atoms with E-state index in [0.717, 1.165) is 4.90 Å². The smallest absolute Gasteiger partial charge is 0.276 e. The van der Waals surface area contributed by atoms with Gasteiger partial charge in [-0.2, -0.15) is 0 Å². The predicted molar refractivity (Wildman–Crippen MR) is 93.2 cm³/mol. The molecule has 0 bridgehead atoms. The van der Waals surface area contributed by atoms with Crippen LogP contribution in [0.5, 0.6) is 0 Å². The van der Waals surface area contributed by atoms with E-state index in [1.54, 1.807) is 4.90 Å². The van der Waals surface area contributed by atoms with Crippen molar-refractivity contribution in [3.05, 3.63) is 36.2 Å². The van der Waals surface area contributed by atoms with Crippen molar-refractivity contribution < 1.29 is 23.1 Å². The standard InChI is InChI=1S/C17H19F2N7O3/c18-17(19)7-12(26(10-17)16(28)13-1-2-20-11-21-13)8-25-9-14(22-23-25)15(27)24-3-5-29-6-4-24/h1-2,9,11-12H,3-8,10H2/t12-/m0/s1. The summed E-state index contributed by atoms with van der Waals surface area (Å²) in [7, 11) is 0. The molecule has 2 fully saturated rings. The highest BCUT2D eigenvalue weighted by Crippen LogP contribution is 2.33. The molecule has 0 N–H and O–H groups in total. The predicted octanol–water partition coefficient (Wildman–Crippen LogP) is 0.0905. The van der Waals surface area contributed by atoms with Crippen molar-refractivity contribution in [2.75, 3.05) is 32.8 Å². The SMILES string of the molecule is O=C(c1cn(C[C@@H]2CC(F)(F)CN2C(=O)c2ccncn2)nn1)N1CCOCC1. The van der Waals surface area contributed by atoms with Crippen molar-refractivity contribution in [3.8, 4) is 0 Å². The number of carbonyl (C=O) groups is 2. The number of likely N-dealkylation sites (tertiary alicyclic amines) is 1. The van der Waals surface area contributed by atoms with Gasteiger partial charge in [0.25, 0.3) is 17.7 Å². The van der Waals surface area contributed by atoms with Crippen LogP contribution in [0.4, 0.5) is 8.78 Å². The van der Waals surface area contributed by atoms with Gasteiger partial charge in [0.1, 0.15) is 12.0 Å². The first-order valence-electron chi connectivity index (χ1n) is 9.15. The summed E-state index contributed by atoms with van der Waals surface area (Å²) >= 11 is 0. The first-order chi connectivity index (χ1) is 13.9. The number of carbonyl (C=O) groups excluding carboxylic acids is 2. The van der Waals surface area contributed by atoms with Crippen LogP contribution >= 0.6 is 0 Å². The van der Waals surface area contributed by atoms with Gasteiger partial charge in [-0.05, 0) is 6.07 Å². The molecule has 2 saturated heterocycles. The van der Waals surface area contributed by atoms with Crippen LogP contribution in [-0.4, -0.2) is 91.4 Å². The average molecular weight is 407 g/mol. The number of hydrogen-bond acceptors (Lipinski definition) is 7. The Morgan fingerprint density at radius 2 is 2.00 bits per heavy atom. The van der Waals surface area contributed by atoms with Gasteiger partial charge >= 0.3 is 0 Å². The van der Waals surface area contributed by atoms with Gasteiger partial charge in [-0.1, -0.05) is 5.21 Å². The molecular formula is C17H19F2N7O3. The Kier molecular flexibility index (Phi) is 5.18. The molecule has 0 spiro atoms. The molecule has 10 nitrogen and oxygen atoms in total. The second-order valence-electron chi connectivity index (χ2n) is 6.97. The number of nitrogens with zero attached hydrogens (tertiary/aromatic N) is 7. The lowest BCUT2D eigenvalue weighted by Crippen LogP contribution is -2.40. The lowest BCUT2D eigenvalue weighted by molar-refractivity contribution is 0.0116. The zero-order valence-electron chi connectivity index (χ0n) is 15.4. The van der Waals surface area contributed by atoms with Crippen LogP contribution in [0, 0.1) is 0 Å². The number of morpholine rings is 1. The fourth-order valence-corrected chi connectivity index (χ4v) is 3.49. The number of halogens is 2. The van der Waals surface area contributed by atoms with Gasteiger partial charge < -0.3 is 14.5 Å². The minimum absolute atomic E-state index is 0.00416. The van der Waals surface area contributed by atoms with E-state index in [4.69, 9.17) is 4.74 Å². The number of aromatic nitrogens is 5. The third-order valence-corrected chi connectivity index (χ3v) is 4.89. The number of alkyl halides is 2. The Morgan fingerprint density at radius 1 is 1.21 bits per heavy atom. The van der Waals surface area contributed by atoms with Gasteiger partial charge in [0, 0.05) is 25.7 Å². The summed E-state index contributed by atoms with van der Waals surface area (Å²) in [5.74, 6) is -3.90. The minimum atomic E-state index is -3.01. The van der Waals surface area contributed by atoms with Crippen LogP contribution in [0.15, 0.2) is 24.8 Å². The van der Waals surface area contributed by atoms with Crippen LogP contribution in [0.1, 0.15) is 27.4 Å². The molecule has 2 amide bonds. The summed E-state index contributed by atoms with van der Waals surface area (Å²) in [6.45, 7) is 1.13. The van der Waals surface area contributed by atoms with E-state index >= 15 is 0 Å². The van der Waals surface area contributed by atoms with E-state index in [1.165, 1.54) is 29.5 Å². The Morgan fingerprint density at radius 3 is 2.72 bits per heavy atom. The maximum Gasteiger partial charge on any atom is 0.276 e. The molecule has 4 rings (SSSR count). The fourth-order valence-electron chi connectivity index (χ4n) is 3.49. The Labute approximate surface area is 164 Å². The molecule has 154 valence electrons. The normalized spacial score (nSPS) is 21.4. The van der Waals surface area contributed by atoms with Crippen molar-refractivity contribution in [2.45, 2.75) is 24.9 Å². The molecule has 2 aliphatic rings. The molecule has 0 aromatic carbocycles. The fraction of sp³-hybridized carbons (Fsp3) is 0.529. The summed E-state index contributed by atoms with van der Waals surface area (Å²) in [6.07, 6.45) is 3.49. The van der Waals surface area contributed by atoms with Crippen LogP contribution in [-0.2, 0) is 11.3 Å². The molecule has 12 heteroatoms. The Hall–Kier alpha value is -3.02. The number of rotatable bonds is 4. The van der Waals surface area contributed by atoms with Crippen LogP contribution in [0.2, 0.25) is 0 Å². The summed E-state index contributed by atoms with van der Waals surface area (Å²) in [6, 6.07) is 0.574. The number of hydrogen-bond donors (Lipinski definition) is 0. The summed E-state index contributed by atoms with van der Waals surface area (Å²) in [5, 5.41) is 7.76. The maximum atomic E-state index is 14.1. The highest BCUT2D eigenvalue weighted by molar-refractivity contribution is 5.93. The zero-order chi connectivity index (χ0) is 20.4. The van der Waals surface area contributed by atoms with Crippen molar-refractivity contribution in [1.29, 1.82) is 0 Å². The summed E-state index contributed by atoms with van der Waals surface area (Å²) in [5.41, 5.74) is 0.176. The molecule has 0 saturated carbocycles. The molecule has 29 heavy (non-hydrogen) atoms. The van der Waals surface area contributed by atoms with Gasteiger partial charge in [-0.15, -0.1) is 5.10 Å². The zero-order valence-corrected chi connectivity index (χ0v) is 15.4. The van der Waals surface area contributed by atoms with Crippen molar-refractivity contribution in [2.24, 2.45) is 0 Å². The van der Waals surface area contributed by atoms with Crippen LogP contribution < -0.4 is 0 Å². The van der Waals surface area contributed by atoms with Gasteiger partial charge in [0.2, 0.25) is 0 Å². The van der Waals surface area contributed by atoms with E-state index in [2.05, 4.69) is 20.3 Å². The molecule has 2 aromatic rings. The molecule has 0 radical (unpaired) electrons. The third kappa shape index (κ3) is 4.21. The van der Waals surface area contributed by atoms with Gasteiger partial charge in [-0.3, -0.25) is 9.59 Å². The average Bonchev–Trinajstić information content (AvgIpc) is 3.32. The van der Waals surface area contributed by atoms with E-state index in [0.29, 0.717) is 26.3 Å².